The number of nitrogens with zero attached hydrogens (tertiary/aromatic N) is 2. The Morgan fingerprint density at radius 3 is 2.47 bits per heavy atom. The first-order valence-corrected chi connectivity index (χ1v) is 11.2. The number of amides is 2. The highest BCUT2D eigenvalue weighted by Crippen LogP contribution is 2.20. The molecule has 0 atom stereocenters. The molecule has 0 saturated carbocycles. The lowest BCUT2D eigenvalue weighted by molar-refractivity contribution is -0.116. The maximum atomic E-state index is 13.0. The van der Waals surface area contributed by atoms with Crippen molar-refractivity contribution in [2.45, 2.75) is 12.8 Å². The highest BCUT2D eigenvalue weighted by atomic mass is 32.1. The quantitative estimate of drug-likeness (QED) is 0.565. The fraction of sp³-hybridized carbons (Fsp3) is 0.261. The molecule has 1 aliphatic rings. The van der Waals surface area contributed by atoms with Crippen LogP contribution in [0.15, 0.2) is 53.9 Å². The van der Waals surface area contributed by atoms with Crippen LogP contribution in [0.25, 0.3) is 0 Å². The van der Waals surface area contributed by atoms with E-state index in [1.165, 1.54) is 35.6 Å². The van der Waals surface area contributed by atoms with Crippen LogP contribution in [0.5, 0.6) is 0 Å². The van der Waals surface area contributed by atoms with Crippen LogP contribution in [0.4, 0.5) is 20.9 Å². The molecule has 0 spiro atoms. The number of hydrogen-bond donors (Lipinski definition) is 2. The minimum Gasteiger partial charge on any atom is -0.378 e. The van der Waals surface area contributed by atoms with Crippen LogP contribution in [-0.2, 0) is 16.0 Å². The highest BCUT2D eigenvalue weighted by Gasteiger charge is 2.12. The van der Waals surface area contributed by atoms with E-state index in [0.717, 1.165) is 43.4 Å². The molecule has 32 heavy (non-hydrogen) atoms. The summed E-state index contributed by atoms with van der Waals surface area (Å²) in [6.45, 7) is 3.19. The number of anilines is 3. The summed E-state index contributed by atoms with van der Waals surface area (Å²) in [7, 11) is 0. The lowest BCUT2D eigenvalue weighted by Crippen LogP contribution is -2.36. The molecule has 1 aliphatic heterocycles. The monoisotopic (exact) mass is 454 g/mol. The van der Waals surface area contributed by atoms with Crippen molar-refractivity contribution in [3.8, 4) is 0 Å². The second-order valence-corrected chi connectivity index (χ2v) is 8.16. The van der Waals surface area contributed by atoms with Crippen molar-refractivity contribution >= 4 is 39.7 Å². The van der Waals surface area contributed by atoms with Gasteiger partial charge in [0.05, 0.1) is 18.9 Å². The molecule has 166 valence electrons. The molecule has 7 nitrogen and oxygen atoms in total. The summed E-state index contributed by atoms with van der Waals surface area (Å²) in [5.74, 6) is -0.859. The van der Waals surface area contributed by atoms with Crippen molar-refractivity contribution < 1.29 is 18.7 Å². The molecule has 1 aromatic heterocycles. The van der Waals surface area contributed by atoms with Gasteiger partial charge in [-0.05, 0) is 55.0 Å². The van der Waals surface area contributed by atoms with Gasteiger partial charge in [-0.1, -0.05) is 0 Å². The number of rotatable bonds is 7. The molecule has 0 unspecified atom stereocenters. The van der Waals surface area contributed by atoms with Crippen LogP contribution in [-0.4, -0.2) is 43.1 Å². The Morgan fingerprint density at radius 1 is 1.03 bits per heavy atom. The normalized spacial score (nSPS) is 13.6. The summed E-state index contributed by atoms with van der Waals surface area (Å²) in [5.41, 5.74) is 2.94. The Hall–Kier alpha value is -3.30. The third-order valence-corrected chi connectivity index (χ3v) is 5.82. The van der Waals surface area contributed by atoms with Gasteiger partial charge in [-0.25, -0.2) is 9.37 Å². The van der Waals surface area contributed by atoms with Crippen LogP contribution in [0.3, 0.4) is 0 Å². The average molecular weight is 455 g/mol. The topological polar surface area (TPSA) is 83.6 Å². The minimum absolute atomic E-state index is 0.103. The average Bonchev–Trinajstić information content (AvgIpc) is 3.26. The van der Waals surface area contributed by atoms with Gasteiger partial charge in [-0.3, -0.25) is 14.9 Å². The zero-order valence-corrected chi connectivity index (χ0v) is 18.2. The number of thiazole rings is 1. The molecular formula is C23H23FN4O3S. The number of benzene rings is 2. The first-order chi connectivity index (χ1) is 15.6. The summed E-state index contributed by atoms with van der Waals surface area (Å²) >= 11 is 1.28. The van der Waals surface area contributed by atoms with Crippen LogP contribution < -0.4 is 15.5 Å². The van der Waals surface area contributed by atoms with Crippen molar-refractivity contribution in [3.05, 3.63) is 71.0 Å². The van der Waals surface area contributed by atoms with E-state index in [2.05, 4.69) is 20.5 Å². The largest absolute Gasteiger partial charge is 0.378 e. The molecule has 0 radical (unpaired) electrons. The zero-order chi connectivity index (χ0) is 22.3. The summed E-state index contributed by atoms with van der Waals surface area (Å²) in [4.78, 5) is 31.1. The molecule has 0 aliphatic carbocycles. The van der Waals surface area contributed by atoms with E-state index >= 15 is 0 Å². The fourth-order valence-corrected chi connectivity index (χ4v) is 4.03. The van der Waals surface area contributed by atoms with Gasteiger partial charge in [-0.15, -0.1) is 11.3 Å². The van der Waals surface area contributed by atoms with Crippen molar-refractivity contribution in [2.75, 3.05) is 41.8 Å². The van der Waals surface area contributed by atoms with E-state index in [1.807, 2.05) is 29.6 Å². The molecule has 9 heteroatoms. The van der Waals surface area contributed by atoms with E-state index in [-0.39, 0.29) is 18.2 Å². The number of aromatic nitrogens is 1. The van der Waals surface area contributed by atoms with Gasteiger partial charge in [0.2, 0.25) is 5.91 Å². The van der Waals surface area contributed by atoms with Gasteiger partial charge >= 0.3 is 0 Å². The smallest absolute Gasteiger partial charge is 0.257 e. The molecule has 4 rings (SSSR count). The molecule has 2 aromatic carbocycles. The van der Waals surface area contributed by atoms with Crippen molar-refractivity contribution in [3.63, 3.8) is 0 Å². The van der Waals surface area contributed by atoms with Crippen molar-refractivity contribution in [2.24, 2.45) is 0 Å². The number of hydrogen-bond acceptors (Lipinski definition) is 6. The Kier molecular flexibility index (Phi) is 7.08. The molecular weight excluding hydrogens is 431 g/mol. The number of halogens is 1. The molecule has 3 aromatic rings. The molecule has 1 fully saturated rings. The molecule has 2 N–H and O–H groups in total. The van der Waals surface area contributed by atoms with E-state index in [1.54, 1.807) is 0 Å². The number of carbonyl (C=O) groups is 2. The van der Waals surface area contributed by atoms with Crippen LogP contribution in [0.1, 0.15) is 22.5 Å². The number of morpholine rings is 1. The summed E-state index contributed by atoms with van der Waals surface area (Å²) < 4.78 is 18.4. The number of aryl methyl sites for hydroxylation is 1. The Bertz CT molecular complexity index is 1060. The summed E-state index contributed by atoms with van der Waals surface area (Å²) in [6.07, 6.45) is 0.737. The lowest BCUT2D eigenvalue weighted by atomic mass is 10.2. The fourth-order valence-electron chi connectivity index (χ4n) is 3.29. The van der Waals surface area contributed by atoms with Gasteiger partial charge < -0.3 is 15.0 Å². The van der Waals surface area contributed by atoms with E-state index in [0.29, 0.717) is 17.1 Å². The SMILES string of the molecule is O=C(CCc1csc(NC(=O)c2ccc(F)cc2)n1)Nc1ccc(N2CCOCC2)cc1. The predicted octanol–water partition coefficient (Wildman–Crippen LogP) is 3.94. The van der Waals surface area contributed by atoms with E-state index < -0.39 is 5.82 Å². The Morgan fingerprint density at radius 2 is 1.75 bits per heavy atom. The maximum Gasteiger partial charge on any atom is 0.257 e. The van der Waals surface area contributed by atoms with Gasteiger partial charge in [-0.2, -0.15) is 0 Å². The van der Waals surface area contributed by atoms with Crippen LogP contribution in [0.2, 0.25) is 0 Å². The molecule has 0 bridgehead atoms. The number of carbonyl (C=O) groups excluding carboxylic acids is 2. The second kappa shape index (κ2) is 10.3. The first-order valence-electron chi connectivity index (χ1n) is 10.3. The third kappa shape index (κ3) is 5.89. The summed E-state index contributed by atoms with van der Waals surface area (Å²) in [5, 5.41) is 7.84. The second-order valence-electron chi connectivity index (χ2n) is 7.30. The van der Waals surface area contributed by atoms with Gasteiger partial charge in [0.25, 0.3) is 5.91 Å². The van der Waals surface area contributed by atoms with E-state index in [9.17, 15) is 14.0 Å². The summed E-state index contributed by atoms with van der Waals surface area (Å²) in [6, 6.07) is 13.1. The molecule has 1 saturated heterocycles. The first kappa shape index (κ1) is 21.9. The lowest BCUT2D eigenvalue weighted by Gasteiger charge is -2.28. The number of ether oxygens (including phenoxy) is 1. The van der Waals surface area contributed by atoms with Crippen molar-refractivity contribution in [1.29, 1.82) is 0 Å². The predicted molar refractivity (Wildman–Crippen MR) is 123 cm³/mol. The van der Waals surface area contributed by atoms with Crippen molar-refractivity contribution in [1.82, 2.24) is 4.98 Å². The Labute approximate surface area is 189 Å². The number of nitrogens with one attached hydrogen (secondary N) is 2. The van der Waals surface area contributed by atoms with Crippen LogP contribution in [0, 0.1) is 5.82 Å². The minimum atomic E-state index is -0.399. The van der Waals surface area contributed by atoms with E-state index in [4.69, 9.17) is 4.74 Å². The molecule has 2 amide bonds. The Balaban J connectivity index is 1.24. The van der Waals surface area contributed by atoms with Crippen LogP contribution >= 0.6 is 11.3 Å². The third-order valence-electron chi connectivity index (χ3n) is 5.01. The highest BCUT2D eigenvalue weighted by molar-refractivity contribution is 7.14. The maximum absolute atomic E-state index is 13.0. The van der Waals surface area contributed by atoms with Gasteiger partial charge in [0, 0.05) is 41.8 Å². The van der Waals surface area contributed by atoms with Gasteiger partial charge in [0.15, 0.2) is 5.13 Å². The zero-order valence-electron chi connectivity index (χ0n) is 17.3. The standard InChI is InChI=1S/C23H23FN4O3S/c24-17-3-1-16(2-4-17)22(30)27-23-26-19(15-32-23)7-10-21(29)25-18-5-8-20(9-6-18)28-11-13-31-14-12-28/h1-6,8-9,15H,7,10-14H2,(H,25,29)(H,26,27,30). The van der Waals surface area contributed by atoms with Gasteiger partial charge in [0.1, 0.15) is 5.82 Å². The molecule has 2 heterocycles.